The summed E-state index contributed by atoms with van der Waals surface area (Å²) in [4.78, 5) is 0. The molecule has 0 amide bonds. The molecule has 1 aliphatic rings. The van der Waals surface area contributed by atoms with E-state index in [0.29, 0.717) is 6.61 Å². The van der Waals surface area contributed by atoms with Crippen LogP contribution in [0.4, 0.5) is 0 Å². The molecule has 2 atom stereocenters. The highest BCUT2D eigenvalue weighted by Gasteiger charge is 2.21. The fraction of sp³-hybridized carbons (Fsp3) is 1.00. The SMILES string of the molecule is CCOC1COCCC1N.Cl. The lowest BCUT2D eigenvalue weighted by Gasteiger charge is -2.28. The van der Waals surface area contributed by atoms with Crippen molar-refractivity contribution in [3.8, 4) is 0 Å². The molecule has 0 aliphatic carbocycles. The molecule has 2 N–H and O–H groups in total. The minimum Gasteiger partial charge on any atom is -0.379 e. The topological polar surface area (TPSA) is 44.5 Å². The standard InChI is InChI=1S/C7H15NO2.ClH/c1-2-10-7-5-9-4-3-6(7)8;/h6-7H,2-5,8H2,1H3;1H. The third-order valence-corrected chi connectivity index (χ3v) is 1.74. The summed E-state index contributed by atoms with van der Waals surface area (Å²) in [5.74, 6) is 0. The second kappa shape index (κ2) is 5.77. The van der Waals surface area contributed by atoms with Crippen LogP contribution in [0.1, 0.15) is 13.3 Å². The van der Waals surface area contributed by atoms with Gasteiger partial charge in [-0.25, -0.2) is 0 Å². The van der Waals surface area contributed by atoms with Gasteiger partial charge < -0.3 is 15.2 Å². The smallest absolute Gasteiger partial charge is 0.0959 e. The first-order valence-corrected chi connectivity index (χ1v) is 3.79. The highest BCUT2D eigenvalue weighted by Crippen LogP contribution is 2.08. The Hall–Kier alpha value is 0.170. The third-order valence-electron chi connectivity index (χ3n) is 1.74. The molecule has 0 aromatic carbocycles. The van der Waals surface area contributed by atoms with Crippen LogP contribution in [0.25, 0.3) is 0 Å². The highest BCUT2D eigenvalue weighted by molar-refractivity contribution is 5.85. The van der Waals surface area contributed by atoms with Gasteiger partial charge in [-0.1, -0.05) is 0 Å². The molecule has 0 bridgehead atoms. The van der Waals surface area contributed by atoms with Crippen molar-refractivity contribution in [1.82, 2.24) is 0 Å². The molecular weight excluding hydrogens is 166 g/mol. The number of rotatable bonds is 2. The van der Waals surface area contributed by atoms with E-state index in [-0.39, 0.29) is 24.6 Å². The van der Waals surface area contributed by atoms with Gasteiger partial charge in [0.25, 0.3) is 0 Å². The van der Waals surface area contributed by atoms with Crippen molar-refractivity contribution < 1.29 is 9.47 Å². The summed E-state index contributed by atoms with van der Waals surface area (Å²) < 4.78 is 10.5. The summed E-state index contributed by atoms with van der Waals surface area (Å²) >= 11 is 0. The van der Waals surface area contributed by atoms with Gasteiger partial charge in [-0.2, -0.15) is 0 Å². The second-order valence-electron chi connectivity index (χ2n) is 2.52. The van der Waals surface area contributed by atoms with E-state index in [1.165, 1.54) is 0 Å². The van der Waals surface area contributed by atoms with Crippen LogP contribution in [0.3, 0.4) is 0 Å². The third kappa shape index (κ3) is 3.38. The number of nitrogens with two attached hydrogens (primary N) is 1. The summed E-state index contributed by atoms with van der Waals surface area (Å²) in [6, 6.07) is 0.175. The van der Waals surface area contributed by atoms with Gasteiger partial charge in [0.2, 0.25) is 0 Å². The first kappa shape index (κ1) is 11.2. The van der Waals surface area contributed by atoms with Crippen LogP contribution in [0.5, 0.6) is 0 Å². The Morgan fingerprint density at radius 3 is 2.91 bits per heavy atom. The lowest BCUT2D eigenvalue weighted by atomic mass is 10.1. The van der Waals surface area contributed by atoms with Crippen molar-refractivity contribution in [3.05, 3.63) is 0 Å². The van der Waals surface area contributed by atoms with Crippen LogP contribution >= 0.6 is 12.4 Å². The van der Waals surface area contributed by atoms with E-state index in [1.54, 1.807) is 0 Å². The van der Waals surface area contributed by atoms with E-state index < -0.39 is 0 Å². The van der Waals surface area contributed by atoms with Crippen molar-refractivity contribution in [2.24, 2.45) is 5.73 Å². The summed E-state index contributed by atoms with van der Waals surface area (Å²) in [6.45, 7) is 4.14. The van der Waals surface area contributed by atoms with E-state index >= 15 is 0 Å². The number of ether oxygens (including phenoxy) is 2. The predicted molar refractivity (Wildman–Crippen MR) is 46.1 cm³/mol. The molecule has 0 radical (unpaired) electrons. The Morgan fingerprint density at radius 1 is 1.64 bits per heavy atom. The molecule has 2 unspecified atom stereocenters. The molecule has 1 aliphatic heterocycles. The molecular formula is C7H16ClNO2. The maximum absolute atomic E-state index is 5.76. The molecule has 11 heavy (non-hydrogen) atoms. The van der Waals surface area contributed by atoms with Gasteiger partial charge in [-0.15, -0.1) is 12.4 Å². The van der Waals surface area contributed by atoms with Gasteiger partial charge in [0.05, 0.1) is 12.7 Å². The molecule has 4 heteroatoms. The quantitative estimate of drug-likeness (QED) is 0.677. The van der Waals surface area contributed by atoms with E-state index in [0.717, 1.165) is 19.6 Å². The average Bonchev–Trinajstić information content (AvgIpc) is 1.94. The Balaban J connectivity index is 0.000001000. The van der Waals surface area contributed by atoms with Crippen molar-refractivity contribution in [2.45, 2.75) is 25.5 Å². The second-order valence-corrected chi connectivity index (χ2v) is 2.52. The van der Waals surface area contributed by atoms with Gasteiger partial charge >= 0.3 is 0 Å². The molecule has 1 saturated heterocycles. The molecule has 0 saturated carbocycles. The van der Waals surface area contributed by atoms with E-state index in [9.17, 15) is 0 Å². The number of halogens is 1. The fourth-order valence-corrected chi connectivity index (χ4v) is 1.11. The zero-order valence-corrected chi connectivity index (χ0v) is 7.60. The monoisotopic (exact) mass is 181 g/mol. The fourth-order valence-electron chi connectivity index (χ4n) is 1.11. The van der Waals surface area contributed by atoms with E-state index in [2.05, 4.69) is 0 Å². The van der Waals surface area contributed by atoms with Gasteiger partial charge in [0.1, 0.15) is 0 Å². The molecule has 1 heterocycles. The number of hydrogen-bond acceptors (Lipinski definition) is 3. The number of hydrogen-bond donors (Lipinski definition) is 1. The molecule has 0 spiro atoms. The van der Waals surface area contributed by atoms with Crippen LogP contribution in [0, 0.1) is 0 Å². The van der Waals surface area contributed by atoms with Crippen LogP contribution in [0.15, 0.2) is 0 Å². The van der Waals surface area contributed by atoms with Crippen molar-refractivity contribution in [2.75, 3.05) is 19.8 Å². The summed E-state index contributed by atoms with van der Waals surface area (Å²) in [5.41, 5.74) is 5.76. The van der Waals surface area contributed by atoms with Gasteiger partial charge in [-0.05, 0) is 13.3 Å². The zero-order chi connectivity index (χ0) is 7.40. The molecule has 0 aromatic rings. The minimum absolute atomic E-state index is 0. The summed E-state index contributed by atoms with van der Waals surface area (Å²) in [5, 5.41) is 0. The normalized spacial score (nSPS) is 31.1. The average molecular weight is 182 g/mol. The van der Waals surface area contributed by atoms with E-state index in [1.807, 2.05) is 6.92 Å². The summed E-state index contributed by atoms with van der Waals surface area (Å²) in [7, 11) is 0. The highest BCUT2D eigenvalue weighted by atomic mass is 35.5. The van der Waals surface area contributed by atoms with Crippen LogP contribution in [0.2, 0.25) is 0 Å². The molecule has 1 fully saturated rings. The lowest BCUT2D eigenvalue weighted by Crippen LogP contribution is -2.44. The Morgan fingerprint density at radius 2 is 2.36 bits per heavy atom. The minimum atomic E-state index is 0. The van der Waals surface area contributed by atoms with Crippen LogP contribution in [-0.2, 0) is 9.47 Å². The first-order valence-electron chi connectivity index (χ1n) is 3.79. The molecule has 3 nitrogen and oxygen atoms in total. The zero-order valence-electron chi connectivity index (χ0n) is 6.79. The van der Waals surface area contributed by atoms with E-state index in [4.69, 9.17) is 15.2 Å². The van der Waals surface area contributed by atoms with Gasteiger partial charge in [-0.3, -0.25) is 0 Å². The molecule has 68 valence electrons. The Bertz CT molecular complexity index is 100. The maximum Gasteiger partial charge on any atom is 0.0959 e. The maximum atomic E-state index is 5.76. The Kier molecular flexibility index (Phi) is 5.86. The van der Waals surface area contributed by atoms with Crippen molar-refractivity contribution in [1.29, 1.82) is 0 Å². The van der Waals surface area contributed by atoms with Crippen molar-refractivity contribution >= 4 is 12.4 Å². The van der Waals surface area contributed by atoms with Crippen LogP contribution in [-0.4, -0.2) is 32.0 Å². The van der Waals surface area contributed by atoms with Crippen LogP contribution < -0.4 is 5.73 Å². The Labute approximate surface area is 73.6 Å². The summed E-state index contributed by atoms with van der Waals surface area (Å²) in [6.07, 6.45) is 1.05. The lowest BCUT2D eigenvalue weighted by molar-refractivity contribution is -0.0571. The van der Waals surface area contributed by atoms with Crippen molar-refractivity contribution in [3.63, 3.8) is 0 Å². The first-order chi connectivity index (χ1) is 4.84. The van der Waals surface area contributed by atoms with Gasteiger partial charge in [0.15, 0.2) is 0 Å². The molecule has 0 aromatic heterocycles. The predicted octanol–water partition coefficient (Wildman–Crippen LogP) is 0.561. The van der Waals surface area contributed by atoms with Gasteiger partial charge in [0, 0.05) is 19.3 Å². The molecule has 1 rings (SSSR count). The largest absolute Gasteiger partial charge is 0.379 e.